The van der Waals surface area contributed by atoms with Crippen molar-refractivity contribution >= 4 is 11.6 Å². The van der Waals surface area contributed by atoms with Gasteiger partial charge in [-0.1, -0.05) is 24.3 Å². The Morgan fingerprint density at radius 3 is 2.68 bits per heavy atom. The minimum atomic E-state index is -0.155. The second kappa shape index (κ2) is 8.92. The Balaban J connectivity index is 1.52. The molecule has 0 aliphatic rings. The van der Waals surface area contributed by atoms with Crippen LogP contribution in [-0.4, -0.2) is 26.6 Å². The first-order valence-electron chi connectivity index (χ1n) is 10.3. The normalized spacial score (nSPS) is 10.8. The lowest BCUT2D eigenvalue weighted by Crippen LogP contribution is -2.15. The maximum atomic E-state index is 13.1. The summed E-state index contributed by atoms with van der Waals surface area (Å²) in [5, 5.41) is 3.02. The molecule has 0 fully saturated rings. The van der Waals surface area contributed by atoms with E-state index in [1.807, 2.05) is 61.0 Å². The zero-order valence-corrected chi connectivity index (χ0v) is 18.0. The summed E-state index contributed by atoms with van der Waals surface area (Å²) in [7, 11) is 0. The molecule has 158 valence electrons. The number of aryl methyl sites for hydroxylation is 2. The smallest absolute Gasteiger partial charge is 0.257 e. The van der Waals surface area contributed by atoms with Crippen LogP contribution in [0.5, 0.6) is 5.75 Å². The summed E-state index contributed by atoms with van der Waals surface area (Å²) in [6.45, 7) is 7.21. The highest BCUT2D eigenvalue weighted by Gasteiger charge is 2.18. The number of hydrogen-bond donors (Lipinski definition) is 1. The minimum absolute atomic E-state index is 0.155. The number of amides is 1. The second-order valence-corrected chi connectivity index (χ2v) is 7.56. The van der Waals surface area contributed by atoms with Gasteiger partial charge in [0.2, 0.25) is 0 Å². The summed E-state index contributed by atoms with van der Waals surface area (Å²) in [5.41, 5.74) is 5.44. The molecule has 6 heteroatoms. The zero-order chi connectivity index (χ0) is 21.8. The highest BCUT2D eigenvalue weighted by Crippen LogP contribution is 2.26. The quantitative estimate of drug-likeness (QED) is 0.466. The number of carbonyl (C=O) groups is 1. The van der Waals surface area contributed by atoms with E-state index >= 15 is 0 Å². The monoisotopic (exact) mass is 414 g/mol. The van der Waals surface area contributed by atoms with Crippen LogP contribution < -0.4 is 10.1 Å². The summed E-state index contributed by atoms with van der Waals surface area (Å²) in [4.78, 5) is 17.1. The average Bonchev–Trinajstić information content (AvgIpc) is 3.37. The van der Waals surface area contributed by atoms with Crippen molar-refractivity contribution in [1.29, 1.82) is 0 Å². The number of ether oxygens (including phenoxy) is 1. The number of aromatic nitrogens is 3. The number of imidazole rings is 1. The number of benzene rings is 2. The van der Waals surface area contributed by atoms with Crippen molar-refractivity contribution in [3.05, 3.63) is 95.8 Å². The largest absolute Gasteiger partial charge is 0.490 e. The molecule has 0 unspecified atom stereocenters. The SMILES string of the molecule is Cc1cccc(-n2c(C)cc(C(=O)Nc3ccccc3OCCn3ccnc3)c2C)c1. The Bertz CT molecular complexity index is 1190. The van der Waals surface area contributed by atoms with E-state index in [-0.39, 0.29) is 5.91 Å². The average molecular weight is 415 g/mol. The van der Waals surface area contributed by atoms with Crippen LogP contribution in [-0.2, 0) is 6.54 Å². The summed E-state index contributed by atoms with van der Waals surface area (Å²) in [6, 6.07) is 17.7. The summed E-state index contributed by atoms with van der Waals surface area (Å²) in [6.07, 6.45) is 5.38. The van der Waals surface area contributed by atoms with Crippen molar-refractivity contribution in [1.82, 2.24) is 14.1 Å². The van der Waals surface area contributed by atoms with Gasteiger partial charge in [-0.05, 0) is 56.7 Å². The first kappa shape index (κ1) is 20.5. The molecule has 2 aromatic heterocycles. The Morgan fingerprint density at radius 1 is 1.06 bits per heavy atom. The molecule has 4 aromatic rings. The van der Waals surface area contributed by atoms with Crippen molar-refractivity contribution in [2.75, 3.05) is 11.9 Å². The van der Waals surface area contributed by atoms with Gasteiger partial charge in [0.05, 0.1) is 24.1 Å². The number of anilines is 1. The predicted molar refractivity (Wildman–Crippen MR) is 122 cm³/mol. The number of hydrogen-bond acceptors (Lipinski definition) is 3. The van der Waals surface area contributed by atoms with Crippen LogP contribution >= 0.6 is 0 Å². The maximum absolute atomic E-state index is 13.1. The van der Waals surface area contributed by atoms with Crippen molar-refractivity contribution in [3.8, 4) is 11.4 Å². The van der Waals surface area contributed by atoms with Crippen molar-refractivity contribution in [2.45, 2.75) is 27.3 Å². The van der Waals surface area contributed by atoms with Crippen LogP contribution in [0.3, 0.4) is 0 Å². The molecular formula is C25H26N4O2. The van der Waals surface area contributed by atoms with Crippen LogP contribution in [0.15, 0.2) is 73.3 Å². The third-order valence-electron chi connectivity index (χ3n) is 5.24. The number of nitrogens with one attached hydrogen (secondary N) is 1. The molecule has 0 saturated carbocycles. The van der Waals surface area contributed by atoms with Crippen LogP contribution in [0.4, 0.5) is 5.69 Å². The first-order chi connectivity index (χ1) is 15.0. The van der Waals surface area contributed by atoms with Crippen LogP contribution in [0.25, 0.3) is 5.69 Å². The Morgan fingerprint density at radius 2 is 1.90 bits per heavy atom. The van der Waals surface area contributed by atoms with Crippen molar-refractivity contribution in [3.63, 3.8) is 0 Å². The predicted octanol–water partition coefficient (Wildman–Crippen LogP) is 4.93. The molecule has 0 aliphatic heterocycles. The summed E-state index contributed by atoms with van der Waals surface area (Å²) < 4.78 is 9.97. The Hall–Kier alpha value is -3.80. The standard InChI is InChI=1S/C25H26N4O2/c1-18-7-6-8-21(15-18)29-19(2)16-22(20(29)3)25(30)27-23-9-4-5-10-24(23)31-14-13-28-12-11-26-17-28/h4-12,15-17H,13-14H2,1-3H3,(H,27,30). The lowest BCUT2D eigenvalue weighted by atomic mass is 10.2. The maximum Gasteiger partial charge on any atom is 0.257 e. The highest BCUT2D eigenvalue weighted by molar-refractivity contribution is 6.06. The molecule has 2 heterocycles. The van der Waals surface area contributed by atoms with Gasteiger partial charge in [0.15, 0.2) is 0 Å². The molecule has 0 radical (unpaired) electrons. The molecule has 6 nitrogen and oxygen atoms in total. The van der Waals surface area contributed by atoms with Gasteiger partial charge in [0, 0.05) is 29.5 Å². The number of carbonyl (C=O) groups excluding carboxylic acids is 1. The molecule has 0 spiro atoms. The van der Waals surface area contributed by atoms with Gasteiger partial charge in [-0.2, -0.15) is 0 Å². The fourth-order valence-corrected chi connectivity index (χ4v) is 3.72. The number of para-hydroxylation sites is 2. The molecule has 0 saturated heterocycles. The molecule has 0 bridgehead atoms. The lowest BCUT2D eigenvalue weighted by molar-refractivity contribution is 0.102. The third-order valence-corrected chi connectivity index (χ3v) is 5.24. The summed E-state index contributed by atoms with van der Waals surface area (Å²) in [5.74, 6) is 0.487. The Kier molecular flexibility index (Phi) is 5.89. The first-order valence-corrected chi connectivity index (χ1v) is 10.3. The van der Waals surface area contributed by atoms with Gasteiger partial charge in [0.1, 0.15) is 12.4 Å². The van der Waals surface area contributed by atoms with E-state index < -0.39 is 0 Å². The minimum Gasteiger partial charge on any atom is -0.490 e. The number of rotatable bonds is 7. The van der Waals surface area contributed by atoms with Gasteiger partial charge in [-0.15, -0.1) is 0 Å². The summed E-state index contributed by atoms with van der Waals surface area (Å²) >= 11 is 0. The van der Waals surface area contributed by atoms with E-state index in [1.165, 1.54) is 5.56 Å². The zero-order valence-electron chi connectivity index (χ0n) is 18.0. The second-order valence-electron chi connectivity index (χ2n) is 7.56. The fourth-order valence-electron chi connectivity index (χ4n) is 3.72. The molecule has 0 atom stereocenters. The van der Waals surface area contributed by atoms with Crippen molar-refractivity contribution < 1.29 is 9.53 Å². The van der Waals surface area contributed by atoms with E-state index in [0.717, 1.165) is 17.1 Å². The van der Waals surface area contributed by atoms with E-state index in [9.17, 15) is 4.79 Å². The molecule has 1 N–H and O–H groups in total. The van der Waals surface area contributed by atoms with Crippen LogP contribution in [0, 0.1) is 20.8 Å². The van der Waals surface area contributed by atoms with E-state index in [0.29, 0.717) is 30.2 Å². The molecule has 1 amide bonds. The van der Waals surface area contributed by atoms with E-state index in [4.69, 9.17) is 4.74 Å². The highest BCUT2D eigenvalue weighted by atomic mass is 16.5. The molecule has 4 rings (SSSR count). The van der Waals surface area contributed by atoms with Gasteiger partial charge >= 0.3 is 0 Å². The topological polar surface area (TPSA) is 61.1 Å². The molecule has 0 aliphatic carbocycles. The molecular weight excluding hydrogens is 388 g/mol. The van der Waals surface area contributed by atoms with Gasteiger partial charge in [0.25, 0.3) is 5.91 Å². The van der Waals surface area contributed by atoms with Crippen LogP contribution in [0.2, 0.25) is 0 Å². The lowest BCUT2D eigenvalue weighted by Gasteiger charge is -2.13. The van der Waals surface area contributed by atoms with E-state index in [2.05, 4.69) is 40.0 Å². The number of nitrogens with zero attached hydrogens (tertiary/aromatic N) is 3. The van der Waals surface area contributed by atoms with Gasteiger partial charge in [-0.25, -0.2) is 4.98 Å². The van der Waals surface area contributed by atoms with Gasteiger partial charge < -0.3 is 19.2 Å². The van der Waals surface area contributed by atoms with E-state index in [1.54, 1.807) is 12.5 Å². The molecule has 31 heavy (non-hydrogen) atoms. The van der Waals surface area contributed by atoms with Gasteiger partial charge in [-0.3, -0.25) is 4.79 Å². The van der Waals surface area contributed by atoms with Crippen molar-refractivity contribution in [2.24, 2.45) is 0 Å². The Labute approximate surface area is 182 Å². The molecule has 2 aromatic carbocycles. The fraction of sp³-hybridized carbons (Fsp3) is 0.200. The third kappa shape index (κ3) is 4.53. The van der Waals surface area contributed by atoms with Crippen LogP contribution in [0.1, 0.15) is 27.3 Å².